The van der Waals surface area contributed by atoms with E-state index in [-0.39, 0.29) is 19.2 Å². The van der Waals surface area contributed by atoms with Crippen molar-refractivity contribution in [1.29, 1.82) is 0 Å². The Bertz CT molecular complexity index is 869. The maximum absolute atomic E-state index is 12.6. The maximum atomic E-state index is 12.6. The van der Waals surface area contributed by atoms with E-state index in [0.717, 1.165) is 16.2 Å². The minimum absolute atomic E-state index is 0. The molecule has 2 aromatic rings. The molecule has 0 radical (unpaired) electrons. The van der Waals surface area contributed by atoms with Crippen LogP contribution in [0.25, 0.3) is 0 Å². The zero-order chi connectivity index (χ0) is 23.9. The third-order valence-corrected chi connectivity index (χ3v) is 4.11. The maximum Gasteiger partial charge on any atom is 0.422 e. The standard InChI is InChI=1S/C17H18F6N4O4S.H2S/c1-10-6-11(28-3)4-5-12(10)26-31-32-27(2)13-14(29-7-16(18,19)20)24-9-25-15(13)30-8-17(21,22)23;/h4-6,9,26H,7-8H2,1-3H3;1H2. The van der Waals surface area contributed by atoms with Gasteiger partial charge in [0.25, 0.3) is 0 Å². The van der Waals surface area contributed by atoms with E-state index in [0.29, 0.717) is 23.7 Å². The Morgan fingerprint density at radius 2 is 1.55 bits per heavy atom. The molecule has 8 nitrogen and oxygen atoms in total. The van der Waals surface area contributed by atoms with E-state index in [2.05, 4.69) is 24.9 Å². The van der Waals surface area contributed by atoms with Crippen LogP contribution in [-0.2, 0) is 4.28 Å². The number of hydrogen-bond acceptors (Lipinski definition) is 9. The monoisotopic (exact) mass is 522 g/mol. The average Bonchev–Trinajstić information content (AvgIpc) is 2.70. The third-order valence-electron chi connectivity index (χ3n) is 3.55. The van der Waals surface area contributed by atoms with E-state index in [9.17, 15) is 26.3 Å². The first-order valence-electron chi connectivity index (χ1n) is 8.61. The molecule has 0 aliphatic rings. The predicted octanol–water partition coefficient (Wildman–Crippen LogP) is 4.83. The van der Waals surface area contributed by atoms with Gasteiger partial charge in [0, 0.05) is 7.05 Å². The Hall–Kier alpha value is -2.46. The minimum Gasteiger partial charge on any atom is -0.497 e. The smallest absolute Gasteiger partial charge is 0.422 e. The molecule has 1 aromatic carbocycles. The largest absolute Gasteiger partial charge is 0.497 e. The van der Waals surface area contributed by atoms with E-state index in [4.69, 9.17) is 9.02 Å². The van der Waals surface area contributed by atoms with Crippen LogP contribution in [0.3, 0.4) is 0 Å². The van der Waals surface area contributed by atoms with Crippen molar-refractivity contribution in [2.24, 2.45) is 0 Å². The molecule has 0 bridgehead atoms. The second kappa shape index (κ2) is 12.1. The van der Waals surface area contributed by atoms with Gasteiger partial charge in [0.2, 0.25) is 11.8 Å². The first kappa shape index (κ1) is 28.6. The van der Waals surface area contributed by atoms with Crippen LogP contribution in [0.15, 0.2) is 24.5 Å². The lowest BCUT2D eigenvalue weighted by Gasteiger charge is -2.22. The number of rotatable bonds is 10. The highest BCUT2D eigenvalue weighted by Gasteiger charge is 2.32. The zero-order valence-corrected chi connectivity index (χ0v) is 19.2. The van der Waals surface area contributed by atoms with Crippen molar-refractivity contribution in [3.8, 4) is 17.5 Å². The van der Waals surface area contributed by atoms with E-state index >= 15 is 0 Å². The molecule has 0 atom stereocenters. The Kier molecular flexibility index (Phi) is 10.5. The van der Waals surface area contributed by atoms with Crippen LogP contribution in [0.2, 0.25) is 0 Å². The average molecular weight is 522 g/mol. The predicted molar refractivity (Wildman–Crippen MR) is 114 cm³/mol. The number of anilines is 2. The van der Waals surface area contributed by atoms with E-state index in [1.807, 2.05) is 0 Å². The summed E-state index contributed by atoms with van der Waals surface area (Å²) in [5.41, 5.74) is 3.50. The van der Waals surface area contributed by atoms with Gasteiger partial charge in [-0.15, -0.1) is 0 Å². The Balaban J connectivity index is 0.00000544. The van der Waals surface area contributed by atoms with Crippen molar-refractivity contribution in [3.05, 3.63) is 30.1 Å². The third kappa shape index (κ3) is 9.51. The fourth-order valence-corrected chi connectivity index (χ4v) is 2.63. The van der Waals surface area contributed by atoms with Gasteiger partial charge in [0.15, 0.2) is 18.9 Å². The van der Waals surface area contributed by atoms with Crippen molar-refractivity contribution in [3.63, 3.8) is 0 Å². The molecule has 0 unspecified atom stereocenters. The van der Waals surface area contributed by atoms with E-state index in [1.54, 1.807) is 25.1 Å². The number of methoxy groups -OCH3 is 1. The zero-order valence-electron chi connectivity index (χ0n) is 17.4. The van der Waals surface area contributed by atoms with E-state index < -0.39 is 37.3 Å². The molecule has 0 fully saturated rings. The van der Waals surface area contributed by atoms with Crippen molar-refractivity contribution in [2.45, 2.75) is 19.3 Å². The number of aromatic nitrogens is 2. The summed E-state index contributed by atoms with van der Waals surface area (Å²) in [5.74, 6) is -0.681. The molecule has 16 heteroatoms. The number of hydrogen-bond donors (Lipinski definition) is 1. The summed E-state index contributed by atoms with van der Waals surface area (Å²) in [5, 5.41) is 0. The second-order valence-electron chi connectivity index (χ2n) is 6.08. The fourth-order valence-electron chi connectivity index (χ4n) is 2.16. The molecule has 0 aliphatic carbocycles. The molecule has 2 rings (SSSR count). The molecule has 0 spiro atoms. The number of nitrogens with zero attached hydrogens (tertiary/aromatic N) is 3. The Labute approximate surface area is 196 Å². The van der Waals surface area contributed by atoms with Crippen LogP contribution >= 0.6 is 25.7 Å². The van der Waals surface area contributed by atoms with Crippen LogP contribution < -0.4 is 24.0 Å². The van der Waals surface area contributed by atoms with Gasteiger partial charge in [-0.3, -0.25) is 9.79 Å². The van der Waals surface area contributed by atoms with E-state index in [1.165, 1.54) is 14.2 Å². The van der Waals surface area contributed by atoms with Crippen LogP contribution in [0.4, 0.5) is 37.7 Å². The normalized spacial score (nSPS) is 11.4. The molecule has 0 amide bonds. The first-order chi connectivity index (χ1) is 14.9. The molecule has 0 saturated heterocycles. The lowest BCUT2D eigenvalue weighted by atomic mass is 10.2. The molecule has 33 heavy (non-hydrogen) atoms. The Morgan fingerprint density at radius 3 is 2.00 bits per heavy atom. The van der Waals surface area contributed by atoms with Crippen LogP contribution in [-0.4, -0.2) is 49.7 Å². The fraction of sp³-hybridized carbons (Fsp3) is 0.412. The molecular weight excluding hydrogens is 502 g/mol. The van der Waals surface area contributed by atoms with Gasteiger partial charge >= 0.3 is 12.4 Å². The first-order valence-corrected chi connectivity index (χ1v) is 9.31. The van der Waals surface area contributed by atoms with Crippen LogP contribution in [0.1, 0.15) is 5.56 Å². The molecular formula is C17H20F6N4O4S2. The van der Waals surface area contributed by atoms with Gasteiger partial charge in [-0.1, -0.05) is 0 Å². The Morgan fingerprint density at radius 1 is 1.00 bits per heavy atom. The van der Waals surface area contributed by atoms with Crippen molar-refractivity contribution in [2.75, 3.05) is 37.2 Å². The number of nitrogens with one attached hydrogen (secondary N) is 1. The summed E-state index contributed by atoms with van der Waals surface area (Å²) in [6.07, 6.45) is -8.69. The van der Waals surface area contributed by atoms with Crippen LogP contribution in [0.5, 0.6) is 17.5 Å². The minimum atomic E-state index is -4.70. The quantitative estimate of drug-likeness (QED) is 0.204. The highest BCUT2D eigenvalue weighted by molar-refractivity contribution is 7.96. The van der Waals surface area contributed by atoms with Gasteiger partial charge in [-0.25, -0.2) is 0 Å². The molecule has 186 valence electrons. The van der Waals surface area contributed by atoms with Crippen molar-refractivity contribution in [1.82, 2.24) is 9.97 Å². The summed E-state index contributed by atoms with van der Waals surface area (Å²) in [7, 11) is 2.79. The van der Waals surface area contributed by atoms with Gasteiger partial charge in [-0.2, -0.15) is 54.1 Å². The second-order valence-corrected chi connectivity index (χ2v) is 6.94. The van der Waals surface area contributed by atoms with Gasteiger partial charge in [0.05, 0.1) is 12.8 Å². The number of ether oxygens (including phenoxy) is 3. The van der Waals surface area contributed by atoms with Crippen molar-refractivity contribution >= 4 is 37.1 Å². The molecule has 1 N–H and O–H groups in total. The lowest BCUT2D eigenvalue weighted by Crippen LogP contribution is -2.23. The number of benzene rings is 1. The summed E-state index contributed by atoms with van der Waals surface area (Å²) >= 11 is 0.526. The van der Waals surface area contributed by atoms with Crippen LogP contribution in [0, 0.1) is 6.92 Å². The molecule has 0 aliphatic heterocycles. The molecule has 0 saturated carbocycles. The van der Waals surface area contributed by atoms with Crippen molar-refractivity contribution < 1.29 is 44.8 Å². The summed E-state index contributed by atoms with van der Waals surface area (Å²) < 4.78 is 95.9. The summed E-state index contributed by atoms with van der Waals surface area (Å²) in [6, 6.07) is 5.03. The number of halogens is 6. The topological polar surface area (TPSA) is 78.0 Å². The highest BCUT2D eigenvalue weighted by atomic mass is 32.2. The molecule has 1 heterocycles. The SMILES string of the molecule is COc1ccc(NOSN(C)c2c(OCC(F)(F)F)ncnc2OCC(F)(F)F)c(C)c1.S. The number of aryl methyl sites for hydroxylation is 1. The van der Waals surface area contributed by atoms with Gasteiger partial charge in [-0.05, 0) is 30.7 Å². The van der Waals surface area contributed by atoms with Gasteiger partial charge in [0.1, 0.15) is 24.3 Å². The van der Waals surface area contributed by atoms with Gasteiger partial charge < -0.3 is 14.2 Å². The lowest BCUT2D eigenvalue weighted by molar-refractivity contribution is -0.154. The summed E-state index contributed by atoms with van der Waals surface area (Å²) in [6.45, 7) is -1.68. The number of alkyl halides is 6. The summed E-state index contributed by atoms with van der Waals surface area (Å²) in [4.78, 5) is 7.14. The molecule has 1 aromatic heterocycles. The highest BCUT2D eigenvalue weighted by Crippen LogP contribution is 2.38.